The lowest BCUT2D eigenvalue weighted by Gasteiger charge is -2.45. The maximum absolute atomic E-state index is 15.2. The maximum Gasteiger partial charge on any atom is 0.416 e. The molecule has 1 unspecified atom stereocenters. The Morgan fingerprint density at radius 2 is 1.67 bits per heavy atom. The number of rotatable bonds is 5. The van der Waals surface area contributed by atoms with Gasteiger partial charge in [0.05, 0.1) is 37.9 Å². The SMILES string of the molecule is COC(=O)CC1c2cccc(F)c2N=C(N2CCN(c3ccc(F)c(C)c3)CC2)N1c1cc(C(F)(F)F)ccc1OC. The zero-order chi connectivity index (χ0) is 30.2. The van der Waals surface area contributed by atoms with Gasteiger partial charge < -0.3 is 24.2 Å². The number of halogens is 5. The van der Waals surface area contributed by atoms with Gasteiger partial charge in [0.1, 0.15) is 23.1 Å². The summed E-state index contributed by atoms with van der Waals surface area (Å²) in [6.07, 6.45) is -4.95. The van der Waals surface area contributed by atoms with Crippen molar-refractivity contribution < 1.29 is 36.2 Å². The number of hydrogen-bond acceptors (Lipinski definition) is 7. The summed E-state index contributed by atoms with van der Waals surface area (Å²) in [4.78, 5) is 22.7. The molecule has 0 radical (unpaired) electrons. The summed E-state index contributed by atoms with van der Waals surface area (Å²) < 4.78 is 81.1. The number of ether oxygens (including phenoxy) is 2. The van der Waals surface area contributed by atoms with Gasteiger partial charge in [0.25, 0.3) is 0 Å². The number of para-hydroxylation sites is 1. The monoisotopic (exact) mass is 588 g/mol. The number of aliphatic imine (C=N–C) groups is 1. The maximum atomic E-state index is 15.2. The van der Waals surface area contributed by atoms with Crippen LogP contribution in [0.25, 0.3) is 0 Å². The van der Waals surface area contributed by atoms with E-state index < -0.39 is 29.6 Å². The van der Waals surface area contributed by atoms with Crippen LogP contribution in [0.5, 0.6) is 5.75 Å². The molecular formula is C30H29F5N4O3. The average molecular weight is 589 g/mol. The standard InChI is InChI=1S/C30H29F5N4O3/c1-18-15-20(8-9-22(18)31)37-11-13-38(14-12-37)29-36-28-21(5-4-6-23(28)32)24(17-27(40)42-3)39(29)25-16-19(30(33,34)35)7-10-26(25)41-2/h4-10,15-16,24H,11-14,17H2,1-3H3. The van der Waals surface area contributed by atoms with Gasteiger partial charge in [-0.3, -0.25) is 4.79 Å². The van der Waals surface area contributed by atoms with Crippen LogP contribution in [0.2, 0.25) is 0 Å². The van der Waals surface area contributed by atoms with Crippen LogP contribution in [0.1, 0.15) is 29.2 Å². The van der Waals surface area contributed by atoms with E-state index >= 15 is 4.39 Å². The first-order valence-electron chi connectivity index (χ1n) is 13.3. The van der Waals surface area contributed by atoms with Crippen LogP contribution in [0, 0.1) is 18.6 Å². The lowest BCUT2D eigenvalue weighted by molar-refractivity contribution is -0.141. The number of aryl methyl sites for hydroxylation is 1. The predicted octanol–water partition coefficient (Wildman–Crippen LogP) is 6.23. The molecule has 0 spiro atoms. The zero-order valence-corrected chi connectivity index (χ0v) is 23.2. The van der Waals surface area contributed by atoms with Gasteiger partial charge in [0.15, 0.2) is 0 Å². The number of esters is 1. The third kappa shape index (κ3) is 5.57. The van der Waals surface area contributed by atoms with E-state index in [9.17, 15) is 22.4 Å². The molecule has 1 fully saturated rings. The first-order valence-corrected chi connectivity index (χ1v) is 13.3. The number of alkyl halides is 3. The van der Waals surface area contributed by atoms with Gasteiger partial charge in [-0.15, -0.1) is 0 Å². The normalized spacial score (nSPS) is 17.1. The van der Waals surface area contributed by atoms with Crippen molar-refractivity contribution in [2.24, 2.45) is 4.99 Å². The molecule has 0 N–H and O–H groups in total. The molecule has 1 atom stereocenters. The highest BCUT2D eigenvalue weighted by atomic mass is 19.4. The van der Waals surface area contributed by atoms with Crippen molar-refractivity contribution in [3.05, 3.63) is 82.9 Å². The molecule has 222 valence electrons. The van der Waals surface area contributed by atoms with Crippen molar-refractivity contribution in [1.82, 2.24) is 4.90 Å². The second kappa shape index (κ2) is 11.5. The third-order valence-corrected chi connectivity index (χ3v) is 7.54. The Kier molecular flexibility index (Phi) is 7.98. The molecule has 0 aliphatic carbocycles. The first kappa shape index (κ1) is 29.2. The summed E-state index contributed by atoms with van der Waals surface area (Å²) in [5.41, 5.74) is 0.759. The lowest BCUT2D eigenvalue weighted by Crippen LogP contribution is -2.55. The van der Waals surface area contributed by atoms with Crippen LogP contribution in [-0.2, 0) is 15.7 Å². The van der Waals surface area contributed by atoms with E-state index in [2.05, 4.69) is 9.89 Å². The minimum absolute atomic E-state index is 0.000171. The van der Waals surface area contributed by atoms with Gasteiger partial charge in [-0.25, -0.2) is 13.8 Å². The molecule has 3 aromatic rings. The Hall–Kier alpha value is -4.35. The van der Waals surface area contributed by atoms with E-state index in [4.69, 9.17) is 9.47 Å². The summed E-state index contributed by atoms with van der Waals surface area (Å²) in [6, 6.07) is 11.3. The highest BCUT2D eigenvalue weighted by Gasteiger charge is 2.40. The quantitative estimate of drug-likeness (QED) is 0.260. The van der Waals surface area contributed by atoms with Crippen LogP contribution in [0.4, 0.5) is 39.0 Å². The minimum atomic E-state index is -4.66. The Morgan fingerprint density at radius 3 is 2.31 bits per heavy atom. The number of guanidine groups is 1. The van der Waals surface area contributed by atoms with Gasteiger partial charge in [0.2, 0.25) is 5.96 Å². The Balaban J connectivity index is 1.61. The summed E-state index contributed by atoms with van der Waals surface area (Å²) in [5.74, 6) is -1.28. The molecule has 42 heavy (non-hydrogen) atoms. The summed E-state index contributed by atoms with van der Waals surface area (Å²) in [6.45, 7) is 3.36. The number of benzene rings is 3. The molecule has 5 rings (SSSR count). The van der Waals surface area contributed by atoms with Crippen LogP contribution < -0.4 is 14.5 Å². The fraction of sp³-hybridized carbons (Fsp3) is 0.333. The van der Waals surface area contributed by atoms with Gasteiger partial charge >= 0.3 is 12.1 Å². The molecule has 12 heteroatoms. The molecule has 1 saturated heterocycles. The van der Waals surface area contributed by atoms with Gasteiger partial charge in [-0.05, 0) is 55.0 Å². The second-order valence-electron chi connectivity index (χ2n) is 10.0. The number of anilines is 2. The fourth-order valence-electron chi connectivity index (χ4n) is 5.34. The molecular weight excluding hydrogens is 559 g/mol. The van der Waals surface area contributed by atoms with Crippen molar-refractivity contribution in [2.45, 2.75) is 25.6 Å². The molecule has 7 nitrogen and oxygen atoms in total. The van der Waals surface area contributed by atoms with E-state index in [1.54, 1.807) is 25.1 Å². The summed E-state index contributed by atoms with van der Waals surface area (Å²) in [5, 5.41) is 0. The molecule has 2 heterocycles. The Labute approximate surface area is 239 Å². The van der Waals surface area contributed by atoms with Crippen molar-refractivity contribution >= 4 is 29.0 Å². The molecule has 0 amide bonds. The van der Waals surface area contributed by atoms with Crippen molar-refractivity contribution in [1.29, 1.82) is 0 Å². The molecule has 3 aromatic carbocycles. The fourth-order valence-corrected chi connectivity index (χ4v) is 5.34. The molecule has 2 aliphatic heterocycles. The molecule has 2 aliphatic rings. The van der Waals surface area contributed by atoms with Crippen LogP contribution in [0.3, 0.4) is 0 Å². The van der Waals surface area contributed by atoms with Crippen LogP contribution in [-0.4, -0.2) is 57.2 Å². The highest BCUT2D eigenvalue weighted by molar-refractivity contribution is 6.02. The van der Waals surface area contributed by atoms with E-state index in [1.807, 2.05) is 4.90 Å². The Morgan fingerprint density at radius 1 is 0.952 bits per heavy atom. The van der Waals surface area contributed by atoms with Gasteiger partial charge in [-0.1, -0.05) is 12.1 Å². The van der Waals surface area contributed by atoms with Crippen LogP contribution in [0.15, 0.2) is 59.6 Å². The van der Waals surface area contributed by atoms with Crippen molar-refractivity contribution in [3.8, 4) is 5.75 Å². The number of piperazine rings is 1. The highest BCUT2D eigenvalue weighted by Crippen LogP contribution is 2.46. The minimum Gasteiger partial charge on any atom is -0.495 e. The topological polar surface area (TPSA) is 57.6 Å². The average Bonchev–Trinajstić information content (AvgIpc) is 2.98. The van der Waals surface area contributed by atoms with E-state index in [0.29, 0.717) is 37.3 Å². The van der Waals surface area contributed by atoms with Crippen LogP contribution >= 0.6 is 0 Å². The predicted molar refractivity (Wildman–Crippen MR) is 148 cm³/mol. The van der Waals surface area contributed by atoms with E-state index in [0.717, 1.165) is 17.8 Å². The third-order valence-electron chi connectivity index (χ3n) is 7.54. The second-order valence-corrected chi connectivity index (χ2v) is 10.0. The number of nitrogens with zero attached hydrogens (tertiary/aromatic N) is 4. The number of fused-ring (bicyclic) bond motifs is 1. The van der Waals surface area contributed by atoms with Gasteiger partial charge in [0, 0.05) is 37.4 Å². The largest absolute Gasteiger partial charge is 0.495 e. The summed E-state index contributed by atoms with van der Waals surface area (Å²) in [7, 11) is 2.54. The number of carbonyl (C=O) groups excluding carboxylic acids is 1. The molecule has 0 saturated carbocycles. The lowest BCUT2D eigenvalue weighted by atomic mass is 9.96. The number of carbonyl (C=O) groups is 1. The van der Waals surface area contributed by atoms with Crippen molar-refractivity contribution in [3.63, 3.8) is 0 Å². The number of methoxy groups -OCH3 is 2. The van der Waals surface area contributed by atoms with E-state index in [-0.39, 0.29) is 35.3 Å². The molecule has 0 bridgehead atoms. The number of hydrogen-bond donors (Lipinski definition) is 0. The smallest absolute Gasteiger partial charge is 0.416 e. The first-order chi connectivity index (χ1) is 20.0. The van der Waals surface area contributed by atoms with Crippen molar-refractivity contribution in [2.75, 3.05) is 50.2 Å². The van der Waals surface area contributed by atoms with Gasteiger partial charge in [-0.2, -0.15) is 13.2 Å². The molecule has 0 aromatic heterocycles. The summed E-state index contributed by atoms with van der Waals surface area (Å²) >= 11 is 0. The Bertz CT molecular complexity index is 1520. The zero-order valence-electron chi connectivity index (χ0n) is 23.2. The van der Waals surface area contributed by atoms with E-state index in [1.165, 1.54) is 43.4 Å².